The second-order valence-corrected chi connectivity index (χ2v) is 4.19. The third-order valence-electron chi connectivity index (χ3n) is 2.09. The van der Waals surface area contributed by atoms with E-state index in [2.05, 4.69) is 17.3 Å². The van der Waals surface area contributed by atoms with Gasteiger partial charge in [-0.15, -0.1) is 0 Å². The monoisotopic (exact) mass is 279 g/mol. The summed E-state index contributed by atoms with van der Waals surface area (Å²) in [6, 6.07) is -0.731. The maximum absolute atomic E-state index is 9.57. The van der Waals surface area contributed by atoms with Crippen LogP contribution >= 0.6 is 0 Å². The number of piperazine rings is 1. The molecule has 1 fully saturated rings. The zero-order chi connectivity index (χ0) is 15.4. The number of nitrogens with one attached hydrogen (secondary N) is 1. The molecule has 1 rings (SSSR count). The number of likely N-dealkylation sites (N-methyl/N-ethyl adjacent to an activating group) is 1. The number of aliphatic carboxylic acids is 2. The number of rotatable bonds is 2. The molecule has 0 saturated carbocycles. The van der Waals surface area contributed by atoms with Crippen LogP contribution in [0.2, 0.25) is 0 Å². The second kappa shape index (κ2) is 11.8. The molecule has 0 aromatic heterocycles. The first-order valence-electron chi connectivity index (χ1n) is 5.97. The Morgan fingerprint density at radius 1 is 1.16 bits per heavy atom. The molecule has 0 amide bonds. The lowest BCUT2D eigenvalue weighted by atomic mass is 10.4. The molecular formula is C11H25N3O5. The fourth-order valence-electron chi connectivity index (χ4n) is 0.777. The van der Waals surface area contributed by atoms with E-state index in [1.165, 1.54) is 26.9 Å². The number of nitrogens with zero attached hydrogens (tertiary/aromatic N) is 1. The number of carboxylic acid groups (broad SMARTS) is 2. The molecule has 0 bridgehead atoms. The van der Waals surface area contributed by atoms with Gasteiger partial charge >= 0.3 is 11.9 Å². The standard InChI is InChI=1S/C5H12N2.C3H7NO2.C3H6O3/c1-7-4-2-6-3-5-7;2*1-2(4)3(5)6/h6H,2-5H2,1H3;2H,4H2,1H3,(H,5,6);2,4H,1H3,(H,5,6). The molecule has 1 saturated heterocycles. The van der Waals surface area contributed by atoms with E-state index >= 15 is 0 Å². The number of aliphatic hydroxyl groups excluding tert-OH is 1. The molecule has 1 heterocycles. The average molecular weight is 279 g/mol. The maximum Gasteiger partial charge on any atom is 0.332 e. The summed E-state index contributed by atoms with van der Waals surface area (Å²) in [4.78, 5) is 21.4. The number of aliphatic hydroxyl groups is 1. The normalized spacial score (nSPS) is 17.9. The van der Waals surface area contributed by atoms with Crippen molar-refractivity contribution < 1.29 is 24.9 Å². The number of carboxylic acids is 2. The van der Waals surface area contributed by atoms with Crippen molar-refractivity contribution in [2.24, 2.45) is 5.73 Å². The molecule has 1 aliphatic heterocycles. The van der Waals surface area contributed by atoms with E-state index in [4.69, 9.17) is 21.1 Å². The third kappa shape index (κ3) is 16.8. The lowest BCUT2D eigenvalue weighted by Gasteiger charge is -2.21. The minimum atomic E-state index is -1.23. The van der Waals surface area contributed by atoms with Crippen molar-refractivity contribution >= 4 is 11.9 Å². The summed E-state index contributed by atoms with van der Waals surface area (Å²) in [6.45, 7) is 7.36. The van der Waals surface area contributed by atoms with Gasteiger partial charge in [0.2, 0.25) is 0 Å². The second-order valence-electron chi connectivity index (χ2n) is 4.19. The van der Waals surface area contributed by atoms with Gasteiger partial charge < -0.3 is 31.3 Å². The number of nitrogens with two attached hydrogens (primary N) is 1. The van der Waals surface area contributed by atoms with Crippen LogP contribution in [-0.2, 0) is 9.59 Å². The Labute approximate surface area is 113 Å². The predicted octanol–water partition coefficient (Wildman–Crippen LogP) is -1.61. The first-order valence-corrected chi connectivity index (χ1v) is 5.97. The molecule has 8 heteroatoms. The van der Waals surface area contributed by atoms with Gasteiger partial charge in [-0.05, 0) is 20.9 Å². The molecule has 0 aliphatic carbocycles. The molecule has 0 spiro atoms. The maximum atomic E-state index is 9.57. The summed E-state index contributed by atoms with van der Waals surface area (Å²) in [5.41, 5.74) is 4.84. The van der Waals surface area contributed by atoms with Crippen molar-refractivity contribution in [1.29, 1.82) is 0 Å². The van der Waals surface area contributed by atoms with Crippen LogP contribution in [0.25, 0.3) is 0 Å². The van der Waals surface area contributed by atoms with Gasteiger partial charge in [-0.1, -0.05) is 0 Å². The molecule has 0 radical (unpaired) electrons. The predicted molar refractivity (Wildman–Crippen MR) is 71.0 cm³/mol. The summed E-state index contributed by atoms with van der Waals surface area (Å²) in [5, 5.41) is 26.9. The number of carbonyl (C=O) groups is 2. The molecule has 8 nitrogen and oxygen atoms in total. The van der Waals surface area contributed by atoms with E-state index in [1.807, 2.05) is 0 Å². The zero-order valence-corrected chi connectivity index (χ0v) is 11.7. The number of hydrogen-bond acceptors (Lipinski definition) is 6. The molecule has 114 valence electrons. The summed E-state index contributed by atoms with van der Waals surface area (Å²) >= 11 is 0. The Morgan fingerprint density at radius 2 is 1.47 bits per heavy atom. The molecule has 0 aromatic carbocycles. The first kappa shape index (κ1) is 20.1. The third-order valence-corrected chi connectivity index (χ3v) is 2.09. The van der Waals surface area contributed by atoms with Gasteiger partial charge in [0.15, 0.2) is 0 Å². The molecule has 19 heavy (non-hydrogen) atoms. The summed E-state index contributed by atoms with van der Waals surface area (Å²) in [7, 11) is 2.15. The summed E-state index contributed by atoms with van der Waals surface area (Å²) in [5.74, 6) is -2.15. The van der Waals surface area contributed by atoms with Crippen molar-refractivity contribution in [3.05, 3.63) is 0 Å². The zero-order valence-electron chi connectivity index (χ0n) is 11.7. The largest absolute Gasteiger partial charge is 0.480 e. The van der Waals surface area contributed by atoms with E-state index < -0.39 is 24.1 Å². The van der Waals surface area contributed by atoms with Gasteiger partial charge in [-0.3, -0.25) is 4.79 Å². The Morgan fingerprint density at radius 3 is 1.58 bits per heavy atom. The summed E-state index contributed by atoms with van der Waals surface area (Å²) < 4.78 is 0. The Balaban J connectivity index is 0. The highest BCUT2D eigenvalue weighted by Crippen LogP contribution is 1.83. The van der Waals surface area contributed by atoms with Crippen LogP contribution in [0.5, 0.6) is 0 Å². The fraction of sp³-hybridized carbons (Fsp3) is 0.818. The van der Waals surface area contributed by atoms with Crippen molar-refractivity contribution in [3.8, 4) is 0 Å². The highest BCUT2D eigenvalue weighted by Gasteiger charge is 2.02. The van der Waals surface area contributed by atoms with E-state index in [0.717, 1.165) is 13.1 Å². The van der Waals surface area contributed by atoms with Gasteiger partial charge in [0.1, 0.15) is 12.1 Å². The van der Waals surface area contributed by atoms with Crippen molar-refractivity contribution in [1.82, 2.24) is 10.2 Å². The highest BCUT2D eigenvalue weighted by molar-refractivity contribution is 5.72. The highest BCUT2D eigenvalue weighted by atomic mass is 16.4. The minimum absolute atomic E-state index is 0.731. The quantitative estimate of drug-likeness (QED) is 0.407. The lowest BCUT2D eigenvalue weighted by molar-refractivity contribution is -0.145. The van der Waals surface area contributed by atoms with E-state index in [0.29, 0.717) is 0 Å². The molecule has 6 N–H and O–H groups in total. The van der Waals surface area contributed by atoms with Crippen LogP contribution in [0.4, 0.5) is 0 Å². The van der Waals surface area contributed by atoms with Crippen LogP contribution in [0.1, 0.15) is 13.8 Å². The topological polar surface area (TPSA) is 136 Å². The molecule has 2 atom stereocenters. The SMILES string of the molecule is CC(N)C(=O)O.CC(O)C(=O)O.CN1CCNCC1. The van der Waals surface area contributed by atoms with Gasteiger partial charge in [-0.2, -0.15) is 0 Å². The van der Waals surface area contributed by atoms with Crippen LogP contribution in [-0.4, -0.2) is 77.5 Å². The lowest BCUT2D eigenvalue weighted by Crippen LogP contribution is -2.40. The Bertz CT molecular complexity index is 235. The number of hydrogen-bond donors (Lipinski definition) is 5. The Kier molecular flexibility index (Phi) is 12.5. The van der Waals surface area contributed by atoms with E-state index in [-0.39, 0.29) is 0 Å². The Hall–Kier alpha value is -1.22. The van der Waals surface area contributed by atoms with E-state index in [9.17, 15) is 9.59 Å². The fourth-order valence-corrected chi connectivity index (χ4v) is 0.777. The minimum Gasteiger partial charge on any atom is -0.480 e. The average Bonchev–Trinajstić information content (AvgIpc) is 2.31. The van der Waals surface area contributed by atoms with Gasteiger partial charge in [0.05, 0.1) is 0 Å². The van der Waals surface area contributed by atoms with Crippen LogP contribution in [0.15, 0.2) is 0 Å². The van der Waals surface area contributed by atoms with Crippen LogP contribution < -0.4 is 11.1 Å². The van der Waals surface area contributed by atoms with Crippen molar-refractivity contribution in [2.75, 3.05) is 33.2 Å². The van der Waals surface area contributed by atoms with Gasteiger partial charge in [0.25, 0.3) is 0 Å². The van der Waals surface area contributed by atoms with Gasteiger partial charge in [0, 0.05) is 26.2 Å². The van der Waals surface area contributed by atoms with Crippen LogP contribution in [0.3, 0.4) is 0 Å². The molecule has 2 unspecified atom stereocenters. The van der Waals surface area contributed by atoms with Crippen LogP contribution in [0, 0.1) is 0 Å². The smallest absolute Gasteiger partial charge is 0.332 e. The molecule has 0 aromatic rings. The molecule has 1 aliphatic rings. The molecular weight excluding hydrogens is 254 g/mol. The van der Waals surface area contributed by atoms with Crippen molar-refractivity contribution in [3.63, 3.8) is 0 Å². The van der Waals surface area contributed by atoms with E-state index in [1.54, 1.807) is 0 Å². The summed E-state index contributed by atoms with van der Waals surface area (Å²) in [6.07, 6.45) is -1.23. The van der Waals surface area contributed by atoms with Crippen molar-refractivity contribution in [2.45, 2.75) is 26.0 Å². The van der Waals surface area contributed by atoms with Gasteiger partial charge in [-0.25, -0.2) is 4.79 Å². The first-order chi connectivity index (χ1) is 8.68.